The lowest BCUT2D eigenvalue weighted by Crippen LogP contribution is -2.28. The lowest BCUT2D eigenvalue weighted by molar-refractivity contribution is 0.168. The second-order valence-corrected chi connectivity index (χ2v) is 5.04. The summed E-state index contributed by atoms with van der Waals surface area (Å²) < 4.78 is 5.60. The van der Waals surface area contributed by atoms with Gasteiger partial charge >= 0.3 is 12.1 Å². The summed E-state index contributed by atoms with van der Waals surface area (Å²) in [4.78, 5) is 28.4. The Morgan fingerprint density at radius 2 is 2.06 bits per heavy atom. The highest BCUT2D eigenvalue weighted by Gasteiger charge is 2.15. The lowest BCUT2D eigenvalue weighted by atomic mass is 10.2. The first-order chi connectivity index (χ1) is 8.36. The minimum absolute atomic E-state index is 0.143. The molecule has 100 valence electrons. The molecule has 0 fully saturated rings. The first-order valence-electron chi connectivity index (χ1n) is 5.31. The number of urea groups is 1. The van der Waals surface area contributed by atoms with E-state index in [1.165, 1.54) is 23.3 Å². The van der Waals surface area contributed by atoms with Gasteiger partial charge in [-0.05, 0) is 0 Å². The molecule has 0 N–H and O–H groups in total. The number of carbonyl (C=O) groups excluding carboxylic acids is 2. The van der Waals surface area contributed by atoms with Gasteiger partial charge in [0.25, 0.3) is 0 Å². The Hall–Kier alpha value is -1.70. The highest BCUT2D eigenvalue weighted by Crippen LogP contribution is 2.13. The number of nitrogens with zero attached hydrogens (tertiary/aromatic N) is 4. The van der Waals surface area contributed by atoms with Crippen LogP contribution in [0.15, 0.2) is 4.99 Å². The summed E-state index contributed by atoms with van der Waals surface area (Å²) in [6, 6.07) is -0.452. The number of methoxy groups -OCH3 is 1. The molecule has 8 heteroatoms. The molecule has 1 rings (SSSR count). The van der Waals surface area contributed by atoms with Crippen molar-refractivity contribution in [3.63, 3.8) is 0 Å². The van der Waals surface area contributed by atoms with E-state index in [9.17, 15) is 9.59 Å². The zero-order chi connectivity index (χ0) is 13.9. The molecule has 0 spiro atoms. The standard InChI is InChI=1S/C10H16N4O3S/c1-6(2)7-12-14(10(16)17-5)9(18-7)11-8(15)13(3)4/h6H,1-5H3. The first-order valence-corrected chi connectivity index (χ1v) is 6.12. The van der Waals surface area contributed by atoms with Crippen LogP contribution < -0.4 is 4.80 Å². The van der Waals surface area contributed by atoms with Crippen LogP contribution in [0.1, 0.15) is 24.8 Å². The molecule has 0 atom stereocenters. The summed E-state index contributed by atoms with van der Waals surface area (Å²) in [6.07, 6.45) is -0.663. The predicted molar refractivity (Wildman–Crippen MR) is 66.6 cm³/mol. The maximum Gasteiger partial charge on any atom is 0.437 e. The molecule has 1 aromatic rings. The molecule has 0 radical (unpaired) electrons. The van der Waals surface area contributed by atoms with Gasteiger partial charge in [-0.1, -0.05) is 25.2 Å². The fraction of sp³-hybridized carbons (Fsp3) is 0.600. The fourth-order valence-electron chi connectivity index (χ4n) is 0.989. The van der Waals surface area contributed by atoms with Crippen molar-refractivity contribution in [2.45, 2.75) is 19.8 Å². The maximum absolute atomic E-state index is 11.5. The van der Waals surface area contributed by atoms with E-state index in [1.54, 1.807) is 14.1 Å². The topological polar surface area (TPSA) is 76.8 Å². The quantitative estimate of drug-likeness (QED) is 0.771. The summed E-state index contributed by atoms with van der Waals surface area (Å²) in [5.41, 5.74) is 0. The maximum atomic E-state index is 11.5. The molecule has 2 amide bonds. The molecule has 1 aromatic heterocycles. The van der Waals surface area contributed by atoms with Crippen molar-refractivity contribution in [1.82, 2.24) is 14.7 Å². The fourth-order valence-corrected chi connectivity index (χ4v) is 1.86. The number of ether oxygens (including phenoxy) is 1. The lowest BCUT2D eigenvalue weighted by Gasteiger charge is -2.03. The predicted octanol–water partition coefficient (Wildman–Crippen LogP) is 1.26. The van der Waals surface area contributed by atoms with Gasteiger partial charge < -0.3 is 9.64 Å². The Balaban J connectivity index is 3.32. The Kier molecular flexibility index (Phi) is 4.60. The summed E-state index contributed by atoms with van der Waals surface area (Å²) in [6.45, 7) is 3.88. The van der Waals surface area contributed by atoms with E-state index < -0.39 is 12.1 Å². The van der Waals surface area contributed by atoms with Crippen molar-refractivity contribution in [3.05, 3.63) is 9.81 Å². The van der Waals surface area contributed by atoms with E-state index in [0.717, 1.165) is 4.68 Å². The van der Waals surface area contributed by atoms with E-state index >= 15 is 0 Å². The van der Waals surface area contributed by atoms with Gasteiger partial charge in [-0.15, -0.1) is 4.68 Å². The average molecular weight is 272 g/mol. The molecule has 0 unspecified atom stereocenters. The van der Waals surface area contributed by atoms with Crippen LogP contribution in [0.3, 0.4) is 0 Å². The van der Waals surface area contributed by atoms with E-state index in [2.05, 4.69) is 14.8 Å². The third-order valence-electron chi connectivity index (χ3n) is 1.99. The smallest absolute Gasteiger partial charge is 0.437 e. The zero-order valence-corrected chi connectivity index (χ0v) is 11.8. The van der Waals surface area contributed by atoms with Crippen molar-refractivity contribution in [1.29, 1.82) is 0 Å². The van der Waals surface area contributed by atoms with Crippen LogP contribution in [0.2, 0.25) is 0 Å². The molecule has 0 aliphatic rings. The van der Waals surface area contributed by atoms with E-state index in [-0.39, 0.29) is 10.7 Å². The normalized spacial score (nSPS) is 11.8. The van der Waals surface area contributed by atoms with Gasteiger partial charge in [0.1, 0.15) is 5.01 Å². The van der Waals surface area contributed by atoms with Crippen molar-refractivity contribution in [3.8, 4) is 0 Å². The molecule has 7 nitrogen and oxygen atoms in total. The highest BCUT2D eigenvalue weighted by molar-refractivity contribution is 7.09. The van der Waals surface area contributed by atoms with Crippen LogP contribution in [0.4, 0.5) is 9.59 Å². The monoisotopic (exact) mass is 272 g/mol. The van der Waals surface area contributed by atoms with Gasteiger partial charge in [-0.3, -0.25) is 0 Å². The molecule has 0 bridgehead atoms. The first kappa shape index (κ1) is 14.4. The third-order valence-corrected chi connectivity index (χ3v) is 3.20. The number of rotatable bonds is 1. The SMILES string of the molecule is COC(=O)n1nc(C(C)C)sc1=NC(=O)N(C)C. The largest absolute Gasteiger partial charge is 0.451 e. The molecule has 18 heavy (non-hydrogen) atoms. The van der Waals surface area contributed by atoms with Gasteiger partial charge in [0.2, 0.25) is 4.80 Å². The van der Waals surface area contributed by atoms with Gasteiger partial charge in [0.15, 0.2) is 0 Å². The molecular weight excluding hydrogens is 256 g/mol. The van der Waals surface area contributed by atoms with Crippen molar-refractivity contribution < 1.29 is 14.3 Å². The minimum atomic E-state index is -0.663. The van der Waals surface area contributed by atoms with Crippen molar-refractivity contribution in [2.24, 2.45) is 4.99 Å². The Morgan fingerprint density at radius 1 is 1.44 bits per heavy atom. The molecule has 0 aliphatic carbocycles. The molecule has 0 aliphatic heterocycles. The minimum Gasteiger partial charge on any atom is -0.451 e. The number of aromatic nitrogens is 2. The van der Waals surface area contributed by atoms with E-state index in [0.29, 0.717) is 5.01 Å². The molecule has 0 saturated carbocycles. The Bertz CT molecular complexity index is 515. The average Bonchev–Trinajstić information content (AvgIpc) is 2.72. The van der Waals surface area contributed by atoms with Gasteiger partial charge in [-0.2, -0.15) is 10.1 Å². The zero-order valence-electron chi connectivity index (χ0n) is 11.0. The second-order valence-electron chi connectivity index (χ2n) is 4.05. The molecular formula is C10H16N4O3S. The Morgan fingerprint density at radius 3 is 2.50 bits per heavy atom. The summed E-state index contributed by atoms with van der Waals surface area (Å²) in [5.74, 6) is 0.143. The van der Waals surface area contributed by atoms with Crippen LogP contribution in [-0.2, 0) is 4.74 Å². The summed E-state index contributed by atoms with van der Waals surface area (Å²) >= 11 is 1.19. The van der Waals surface area contributed by atoms with Crippen LogP contribution in [-0.4, -0.2) is 48.0 Å². The second kappa shape index (κ2) is 5.76. The van der Waals surface area contributed by atoms with Gasteiger partial charge in [0.05, 0.1) is 7.11 Å². The highest BCUT2D eigenvalue weighted by atomic mass is 32.1. The number of hydrogen-bond donors (Lipinski definition) is 0. The van der Waals surface area contributed by atoms with Crippen molar-refractivity contribution in [2.75, 3.05) is 21.2 Å². The van der Waals surface area contributed by atoms with Gasteiger partial charge in [-0.25, -0.2) is 9.59 Å². The number of hydrogen-bond acceptors (Lipinski definition) is 5. The third kappa shape index (κ3) is 3.16. The van der Waals surface area contributed by atoms with Crippen molar-refractivity contribution >= 4 is 23.5 Å². The molecule has 0 aromatic carbocycles. The number of carbonyl (C=O) groups is 2. The summed E-state index contributed by atoms with van der Waals surface area (Å²) in [7, 11) is 4.42. The molecule has 0 saturated heterocycles. The summed E-state index contributed by atoms with van der Waals surface area (Å²) in [5, 5.41) is 4.80. The van der Waals surface area contributed by atoms with Gasteiger partial charge in [0, 0.05) is 20.0 Å². The Labute approximate surface area is 109 Å². The van der Waals surface area contributed by atoms with Crippen LogP contribution >= 0.6 is 11.3 Å². The van der Waals surface area contributed by atoms with E-state index in [1.807, 2.05) is 13.8 Å². The molecule has 1 heterocycles. The van der Waals surface area contributed by atoms with Crippen LogP contribution in [0.5, 0.6) is 0 Å². The number of amides is 2. The van der Waals surface area contributed by atoms with Crippen LogP contribution in [0.25, 0.3) is 0 Å². The van der Waals surface area contributed by atoms with E-state index in [4.69, 9.17) is 0 Å². The van der Waals surface area contributed by atoms with Crippen LogP contribution in [0, 0.1) is 0 Å².